The molecule has 0 heterocycles. The molecule has 2 unspecified atom stereocenters. The molecule has 13 heavy (non-hydrogen) atoms. The van der Waals surface area contributed by atoms with Crippen LogP contribution in [0.5, 0.6) is 0 Å². The first kappa shape index (κ1) is 12.9. The van der Waals surface area contributed by atoms with E-state index in [1.807, 2.05) is 7.05 Å². The number of ether oxygens (including phenoxy) is 2. The highest BCUT2D eigenvalue weighted by atomic mass is 16.5. The predicted molar refractivity (Wildman–Crippen MR) is 55.0 cm³/mol. The molecule has 3 heteroatoms. The summed E-state index contributed by atoms with van der Waals surface area (Å²) in [5.41, 5.74) is 0.126. The molecule has 3 nitrogen and oxygen atoms in total. The van der Waals surface area contributed by atoms with E-state index in [0.29, 0.717) is 6.61 Å². The molecule has 0 saturated carbocycles. The Morgan fingerprint density at radius 2 is 1.77 bits per heavy atom. The molecule has 0 aliphatic rings. The summed E-state index contributed by atoms with van der Waals surface area (Å²) in [4.78, 5) is 0. The van der Waals surface area contributed by atoms with Gasteiger partial charge in [0, 0.05) is 14.2 Å². The highest BCUT2D eigenvalue weighted by Crippen LogP contribution is 2.24. The van der Waals surface area contributed by atoms with Crippen LogP contribution in [0.4, 0.5) is 0 Å². The maximum absolute atomic E-state index is 5.48. The second kappa shape index (κ2) is 5.58. The van der Waals surface area contributed by atoms with Crippen LogP contribution in [0.3, 0.4) is 0 Å². The molecule has 0 radical (unpaired) electrons. The van der Waals surface area contributed by atoms with Gasteiger partial charge in [0.25, 0.3) is 0 Å². The van der Waals surface area contributed by atoms with Gasteiger partial charge in [-0.15, -0.1) is 0 Å². The summed E-state index contributed by atoms with van der Waals surface area (Å²) in [7, 11) is 5.39. The molecule has 0 spiro atoms. The van der Waals surface area contributed by atoms with Crippen molar-refractivity contribution < 1.29 is 9.47 Å². The molecule has 0 aliphatic carbocycles. The third kappa shape index (κ3) is 4.07. The van der Waals surface area contributed by atoms with Crippen LogP contribution in [0, 0.1) is 5.41 Å². The third-order valence-corrected chi connectivity index (χ3v) is 2.19. The van der Waals surface area contributed by atoms with E-state index in [1.54, 1.807) is 14.2 Å². The second-order valence-electron chi connectivity index (χ2n) is 4.37. The summed E-state index contributed by atoms with van der Waals surface area (Å²) >= 11 is 0. The fraction of sp³-hybridized carbons (Fsp3) is 1.00. The van der Waals surface area contributed by atoms with Crippen molar-refractivity contribution in [2.75, 3.05) is 27.9 Å². The van der Waals surface area contributed by atoms with Crippen LogP contribution in [0.2, 0.25) is 0 Å². The maximum atomic E-state index is 5.48. The van der Waals surface area contributed by atoms with Crippen molar-refractivity contribution in [1.82, 2.24) is 5.32 Å². The predicted octanol–water partition coefficient (Wildman–Crippen LogP) is 1.28. The topological polar surface area (TPSA) is 30.5 Å². The Kier molecular flexibility index (Phi) is 5.53. The monoisotopic (exact) mass is 189 g/mol. The van der Waals surface area contributed by atoms with Gasteiger partial charge in [-0.3, -0.25) is 0 Å². The van der Waals surface area contributed by atoms with Crippen LogP contribution < -0.4 is 5.32 Å². The smallest absolute Gasteiger partial charge is 0.0794 e. The Morgan fingerprint density at radius 3 is 2.00 bits per heavy atom. The summed E-state index contributed by atoms with van der Waals surface area (Å²) < 4.78 is 10.6. The molecule has 0 rings (SSSR count). The molecular weight excluding hydrogens is 166 g/mol. The van der Waals surface area contributed by atoms with Crippen molar-refractivity contribution in [3.8, 4) is 0 Å². The normalized spacial score (nSPS) is 17.1. The zero-order valence-corrected chi connectivity index (χ0v) is 9.68. The number of hydrogen-bond donors (Lipinski definition) is 1. The molecule has 0 aromatic rings. The van der Waals surface area contributed by atoms with Crippen molar-refractivity contribution in [2.24, 2.45) is 5.41 Å². The minimum Gasteiger partial charge on any atom is -0.383 e. The molecule has 0 amide bonds. The molecular formula is C10H23NO2. The van der Waals surface area contributed by atoms with Crippen LogP contribution in [0.25, 0.3) is 0 Å². The average Bonchev–Trinajstić information content (AvgIpc) is 2.01. The van der Waals surface area contributed by atoms with Crippen molar-refractivity contribution >= 4 is 0 Å². The van der Waals surface area contributed by atoms with Crippen LogP contribution in [0.15, 0.2) is 0 Å². The van der Waals surface area contributed by atoms with E-state index >= 15 is 0 Å². The molecule has 0 aromatic heterocycles. The van der Waals surface area contributed by atoms with Crippen LogP contribution in [-0.2, 0) is 9.47 Å². The highest BCUT2D eigenvalue weighted by Gasteiger charge is 2.31. The summed E-state index contributed by atoms with van der Waals surface area (Å²) in [5.74, 6) is 0. The number of likely N-dealkylation sites (N-methyl/N-ethyl adjacent to an activating group) is 1. The molecule has 0 saturated heterocycles. The summed E-state index contributed by atoms with van der Waals surface area (Å²) in [6.45, 7) is 7.18. The lowest BCUT2D eigenvalue weighted by atomic mass is 9.84. The van der Waals surface area contributed by atoms with Gasteiger partial charge in [-0.2, -0.15) is 0 Å². The van der Waals surface area contributed by atoms with Crippen molar-refractivity contribution in [3.63, 3.8) is 0 Å². The Labute approximate surface area is 81.8 Å². The highest BCUT2D eigenvalue weighted by molar-refractivity contribution is 4.85. The molecule has 80 valence electrons. The molecule has 0 aliphatic heterocycles. The Balaban J connectivity index is 4.34. The molecule has 0 aromatic carbocycles. The van der Waals surface area contributed by atoms with Crippen LogP contribution >= 0.6 is 0 Å². The van der Waals surface area contributed by atoms with Crippen LogP contribution in [0.1, 0.15) is 20.8 Å². The first-order valence-corrected chi connectivity index (χ1v) is 4.66. The molecule has 0 fully saturated rings. The standard InChI is InChI=1S/C10H23NO2/c1-10(2,3)9(13-6)8(11-4)7-12-5/h8-9,11H,7H2,1-6H3. The number of hydrogen-bond acceptors (Lipinski definition) is 3. The van der Waals surface area contributed by atoms with Gasteiger partial charge in [0.15, 0.2) is 0 Å². The third-order valence-electron chi connectivity index (χ3n) is 2.19. The number of rotatable bonds is 5. The van der Waals surface area contributed by atoms with Gasteiger partial charge in [-0.1, -0.05) is 20.8 Å². The van der Waals surface area contributed by atoms with Gasteiger partial charge in [0.05, 0.1) is 18.8 Å². The van der Waals surface area contributed by atoms with E-state index in [2.05, 4.69) is 26.1 Å². The minimum atomic E-state index is 0.126. The van der Waals surface area contributed by atoms with E-state index in [0.717, 1.165) is 0 Å². The number of methoxy groups -OCH3 is 2. The maximum Gasteiger partial charge on any atom is 0.0794 e. The quantitative estimate of drug-likeness (QED) is 0.706. The van der Waals surface area contributed by atoms with Gasteiger partial charge in [0.1, 0.15) is 0 Å². The fourth-order valence-corrected chi connectivity index (χ4v) is 1.62. The largest absolute Gasteiger partial charge is 0.383 e. The van der Waals surface area contributed by atoms with Crippen molar-refractivity contribution in [1.29, 1.82) is 0 Å². The fourth-order valence-electron chi connectivity index (χ4n) is 1.62. The lowest BCUT2D eigenvalue weighted by Gasteiger charge is -2.35. The van der Waals surface area contributed by atoms with E-state index in [1.165, 1.54) is 0 Å². The second-order valence-corrected chi connectivity index (χ2v) is 4.37. The lowest BCUT2D eigenvalue weighted by molar-refractivity contribution is -0.0283. The van der Waals surface area contributed by atoms with Gasteiger partial charge in [-0.05, 0) is 12.5 Å². The lowest BCUT2D eigenvalue weighted by Crippen LogP contribution is -2.48. The number of nitrogens with one attached hydrogen (secondary N) is 1. The SMILES string of the molecule is CNC(COC)C(OC)C(C)(C)C. The van der Waals surface area contributed by atoms with E-state index in [-0.39, 0.29) is 17.6 Å². The Bertz CT molecular complexity index is 131. The van der Waals surface area contributed by atoms with Gasteiger partial charge in [0.2, 0.25) is 0 Å². The minimum absolute atomic E-state index is 0.126. The zero-order valence-electron chi connectivity index (χ0n) is 9.68. The molecule has 2 atom stereocenters. The van der Waals surface area contributed by atoms with Crippen molar-refractivity contribution in [2.45, 2.75) is 32.9 Å². The van der Waals surface area contributed by atoms with E-state index < -0.39 is 0 Å². The van der Waals surface area contributed by atoms with E-state index in [4.69, 9.17) is 9.47 Å². The zero-order chi connectivity index (χ0) is 10.5. The summed E-state index contributed by atoms with van der Waals surface area (Å²) in [6.07, 6.45) is 0.164. The first-order chi connectivity index (χ1) is 5.97. The summed E-state index contributed by atoms with van der Waals surface area (Å²) in [6, 6.07) is 0.245. The molecule has 0 bridgehead atoms. The van der Waals surface area contributed by atoms with Crippen molar-refractivity contribution in [3.05, 3.63) is 0 Å². The first-order valence-electron chi connectivity index (χ1n) is 4.66. The van der Waals surface area contributed by atoms with Gasteiger partial charge in [-0.25, -0.2) is 0 Å². The van der Waals surface area contributed by atoms with Gasteiger partial charge >= 0.3 is 0 Å². The average molecular weight is 189 g/mol. The van der Waals surface area contributed by atoms with Gasteiger partial charge < -0.3 is 14.8 Å². The van der Waals surface area contributed by atoms with E-state index in [9.17, 15) is 0 Å². The Hall–Kier alpha value is -0.120. The van der Waals surface area contributed by atoms with Crippen LogP contribution in [-0.4, -0.2) is 40.0 Å². The Morgan fingerprint density at radius 1 is 1.23 bits per heavy atom. The summed E-state index contributed by atoms with van der Waals surface area (Å²) in [5, 5.41) is 3.21. The molecule has 1 N–H and O–H groups in total.